The summed E-state index contributed by atoms with van der Waals surface area (Å²) < 4.78 is 13.1. The molecule has 0 aromatic rings. The van der Waals surface area contributed by atoms with Crippen LogP contribution in [0.5, 0.6) is 0 Å². The minimum absolute atomic E-state index is 0.0273. The first-order valence-electron chi connectivity index (χ1n) is 15.1. The highest BCUT2D eigenvalue weighted by atomic mass is 32.2. The van der Waals surface area contributed by atoms with Crippen LogP contribution in [0.15, 0.2) is 0 Å². The van der Waals surface area contributed by atoms with Crippen LogP contribution in [0.3, 0.4) is 0 Å². The van der Waals surface area contributed by atoms with Crippen LogP contribution in [0.2, 0.25) is 0 Å². The highest BCUT2D eigenvalue weighted by Gasteiger charge is 2.68. The molecule has 0 unspecified atom stereocenters. The second-order valence-electron chi connectivity index (χ2n) is 13.1. The Balaban J connectivity index is 1.63. The van der Waals surface area contributed by atoms with Gasteiger partial charge in [0.1, 0.15) is 6.04 Å². The van der Waals surface area contributed by atoms with Crippen molar-refractivity contribution in [2.24, 2.45) is 23.2 Å². The Labute approximate surface area is 258 Å². The van der Waals surface area contributed by atoms with Crippen molar-refractivity contribution < 1.29 is 28.7 Å². The van der Waals surface area contributed by atoms with Gasteiger partial charge in [-0.3, -0.25) is 19.8 Å². The number of carbonyl (C=O) groups is 3. The van der Waals surface area contributed by atoms with Gasteiger partial charge in [0.25, 0.3) is 5.96 Å². The number of nitro groups is 1. The number of nitrogens with one attached hydrogen (secondary N) is 6. The predicted octanol–water partition coefficient (Wildman–Crippen LogP) is 1.57. The molecule has 0 aromatic carbocycles. The molecule has 4 aliphatic rings. The van der Waals surface area contributed by atoms with Crippen LogP contribution in [0, 0.1) is 38.7 Å². The fourth-order valence-electron chi connectivity index (χ4n) is 6.68. The lowest BCUT2D eigenvalue weighted by Gasteiger charge is -2.64. The Morgan fingerprint density at radius 3 is 2.51 bits per heavy atom. The van der Waals surface area contributed by atoms with Crippen molar-refractivity contribution in [1.29, 1.82) is 5.41 Å². The lowest BCUT2D eigenvalue weighted by Crippen LogP contribution is -2.65. The highest BCUT2D eigenvalue weighted by Crippen LogP contribution is 2.65. The summed E-state index contributed by atoms with van der Waals surface area (Å²) in [4.78, 5) is 48.0. The lowest BCUT2D eigenvalue weighted by molar-refractivity contribution is -0.525. The minimum Gasteiger partial charge on any atom is -0.404 e. The molecule has 1 heterocycles. The van der Waals surface area contributed by atoms with Gasteiger partial charge in [0.05, 0.1) is 23.5 Å². The summed E-state index contributed by atoms with van der Waals surface area (Å²) in [6, 6.07) is -0.868. The zero-order chi connectivity index (χ0) is 31.9. The van der Waals surface area contributed by atoms with Crippen molar-refractivity contribution in [2.45, 2.75) is 104 Å². The molecular weight excluding hydrogens is 577 g/mol. The lowest BCUT2D eigenvalue weighted by atomic mass is 9.43. The molecule has 0 spiro atoms. The normalized spacial score (nSPS) is 26.4. The van der Waals surface area contributed by atoms with Gasteiger partial charge in [-0.2, -0.15) is 0 Å². The number of guanidine groups is 1. The number of amides is 3. The first-order valence-corrected chi connectivity index (χ1v) is 16.3. The molecule has 0 radical (unpaired) electrons. The third kappa shape index (κ3) is 9.21. The molecule has 3 amide bonds. The first-order chi connectivity index (χ1) is 20.1. The summed E-state index contributed by atoms with van der Waals surface area (Å²) >= 11 is 1.40. The molecule has 3 saturated carbocycles. The second-order valence-corrected chi connectivity index (χ2v) is 14.2. The van der Waals surface area contributed by atoms with Gasteiger partial charge in [0, 0.05) is 25.6 Å². The van der Waals surface area contributed by atoms with E-state index in [1.54, 1.807) is 5.43 Å². The number of hydrogen-bond acceptors (Lipinski definition) is 9. The Hall–Kier alpha value is -2.59. The smallest absolute Gasteiger partial charge is 0.404 e. The molecule has 14 nitrogen and oxygen atoms in total. The highest BCUT2D eigenvalue weighted by molar-refractivity contribution is 7.99. The van der Waals surface area contributed by atoms with E-state index in [0.29, 0.717) is 36.3 Å². The molecule has 6 atom stereocenters. The van der Waals surface area contributed by atoms with Crippen molar-refractivity contribution in [1.82, 2.24) is 26.7 Å². The average molecular weight is 626 g/mol. The Morgan fingerprint density at radius 1 is 1.16 bits per heavy atom. The zero-order valence-electron chi connectivity index (χ0n) is 26.1. The van der Waals surface area contributed by atoms with Gasteiger partial charge < -0.3 is 30.6 Å². The predicted molar refractivity (Wildman–Crippen MR) is 164 cm³/mol. The van der Waals surface area contributed by atoms with Gasteiger partial charge in [-0.15, -0.1) is 11.8 Å². The number of nitrogens with zero attached hydrogens (tertiary/aromatic N) is 1. The zero-order valence-corrected chi connectivity index (χ0v) is 26.9. The minimum atomic E-state index is -0.868. The summed E-state index contributed by atoms with van der Waals surface area (Å²) in [6.45, 7) is 12.5. The van der Waals surface area contributed by atoms with Crippen LogP contribution in [-0.4, -0.2) is 77.7 Å². The van der Waals surface area contributed by atoms with Crippen molar-refractivity contribution in [3.05, 3.63) is 10.1 Å². The fraction of sp³-hybridized carbons (Fsp3) is 0.852. The molecule has 1 saturated heterocycles. The van der Waals surface area contributed by atoms with E-state index in [9.17, 15) is 24.5 Å². The van der Waals surface area contributed by atoms with E-state index < -0.39 is 35.7 Å². The Kier molecular flexibility index (Phi) is 12.1. The van der Waals surface area contributed by atoms with Crippen LogP contribution < -0.4 is 26.7 Å². The van der Waals surface area contributed by atoms with Crippen LogP contribution in [0.4, 0.5) is 0 Å². The van der Waals surface area contributed by atoms with Crippen molar-refractivity contribution in [2.75, 3.05) is 18.2 Å². The number of hydrazine groups is 1. The van der Waals surface area contributed by atoms with E-state index in [1.807, 2.05) is 0 Å². The van der Waals surface area contributed by atoms with Gasteiger partial charge in [-0.05, 0) is 62.2 Å². The molecule has 4 rings (SSSR count). The van der Waals surface area contributed by atoms with Crippen molar-refractivity contribution in [3.8, 4) is 0 Å². The Bertz CT molecular complexity index is 1050. The number of carbonyl (C=O) groups excluding carboxylic acids is 3. The monoisotopic (exact) mass is 625 g/mol. The third-order valence-corrected chi connectivity index (χ3v) is 9.91. The van der Waals surface area contributed by atoms with E-state index in [2.05, 4.69) is 55.9 Å². The summed E-state index contributed by atoms with van der Waals surface area (Å²) in [5.41, 5.74) is 1.50. The largest absolute Gasteiger partial charge is 0.481 e. The van der Waals surface area contributed by atoms with Crippen molar-refractivity contribution >= 4 is 42.6 Å². The standard InChI is InChI=1S/C27H48BN7O7S/c1-16(2)12-22(28-41-21-14-18-13-20(26(18,4)5)27(21,6)42-28)33-24(38)19(8-7-10-30-25(29)34-35(39)40)32-23(37)9-11-43-15-31-17(3)36/h16,18-22H,7-15H2,1-6H3,(H,31,36)(H,32,37)(H,33,38)(H3,29,30,34)/t18-,19-,20-,21+,22-,27-/m0/s1. The summed E-state index contributed by atoms with van der Waals surface area (Å²) in [7, 11) is -0.603. The first kappa shape index (κ1) is 34.9. The quantitative estimate of drug-likeness (QED) is 0.0279. The Morgan fingerprint density at radius 2 is 1.88 bits per heavy atom. The van der Waals surface area contributed by atoms with E-state index >= 15 is 0 Å². The molecular formula is C27H48BN7O7S. The van der Waals surface area contributed by atoms with Gasteiger partial charge in [0.15, 0.2) is 5.03 Å². The van der Waals surface area contributed by atoms with E-state index in [4.69, 9.17) is 14.7 Å². The SMILES string of the molecule is CC(=O)NCSCCC(=O)N[C@@H](CCCNC(=N)N[N+](=O)[O-])C(=O)N[C@@H](CC(C)C)B1O[C@@H]2C[C@@H]3C[C@@H](C3(C)C)[C@]2(C)O1. The molecule has 1 aliphatic heterocycles. The van der Waals surface area contributed by atoms with E-state index in [-0.39, 0.29) is 54.5 Å². The van der Waals surface area contributed by atoms with Crippen LogP contribution in [0.25, 0.3) is 0 Å². The van der Waals surface area contributed by atoms with E-state index in [0.717, 1.165) is 12.8 Å². The average Bonchev–Trinajstić information content (AvgIpc) is 3.26. The number of hydrogen-bond donors (Lipinski definition) is 6. The summed E-state index contributed by atoms with van der Waals surface area (Å²) in [5.74, 6) is 0.385. The molecule has 4 fully saturated rings. The maximum absolute atomic E-state index is 13.7. The van der Waals surface area contributed by atoms with Crippen LogP contribution >= 0.6 is 11.8 Å². The summed E-state index contributed by atoms with van der Waals surface area (Å²) in [6.07, 6.45) is 3.42. The molecule has 16 heteroatoms. The molecule has 3 aliphatic carbocycles. The van der Waals surface area contributed by atoms with Gasteiger partial charge in [0.2, 0.25) is 17.7 Å². The molecule has 0 aromatic heterocycles. The van der Waals surface area contributed by atoms with Gasteiger partial charge in [-0.1, -0.05) is 33.1 Å². The maximum Gasteiger partial charge on any atom is 0.481 e. The van der Waals surface area contributed by atoms with Gasteiger partial charge >= 0.3 is 7.12 Å². The molecule has 242 valence electrons. The second kappa shape index (κ2) is 14.9. The summed E-state index contributed by atoms with van der Waals surface area (Å²) in [5, 5.41) is 28.4. The maximum atomic E-state index is 13.7. The van der Waals surface area contributed by atoms with Gasteiger partial charge in [-0.25, -0.2) is 10.1 Å². The van der Waals surface area contributed by atoms with E-state index in [1.165, 1.54) is 18.7 Å². The van der Waals surface area contributed by atoms with Crippen LogP contribution in [-0.2, 0) is 23.7 Å². The third-order valence-electron chi connectivity index (χ3n) is 9.07. The molecule has 2 bridgehead atoms. The topological polar surface area (TPSA) is 197 Å². The number of thioether (sulfide) groups is 1. The van der Waals surface area contributed by atoms with Crippen molar-refractivity contribution in [3.63, 3.8) is 0 Å². The number of rotatable bonds is 16. The molecule has 6 N–H and O–H groups in total. The fourth-order valence-corrected chi connectivity index (χ4v) is 7.46. The molecule has 43 heavy (non-hydrogen) atoms. The van der Waals surface area contributed by atoms with Crippen LogP contribution in [0.1, 0.15) is 80.1 Å².